The van der Waals surface area contributed by atoms with Crippen LogP contribution in [0.15, 0.2) is 24.3 Å². The molecule has 0 spiro atoms. The summed E-state index contributed by atoms with van der Waals surface area (Å²) in [6.07, 6.45) is 0. The second-order valence-electron chi connectivity index (χ2n) is 4.60. The molecule has 0 amide bonds. The Kier molecular flexibility index (Phi) is 4.07. The number of rotatable bonds is 5. The molecule has 0 radical (unpaired) electrons. The second kappa shape index (κ2) is 5.14. The molecule has 0 bridgehead atoms. The molecule has 0 aromatic heterocycles. The van der Waals surface area contributed by atoms with Crippen LogP contribution >= 0.6 is 0 Å². The van der Waals surface area contributed by atoms with Crippen LogP contribution < -0.4 is 4.90 Å². The molecule has 0 aliphatic carbocycles. The van der Waals surface area contributed by atoms with Crippen molar-refractivity contribution in [2.24, 2.45) is 0 Å². The first-order valence-electron chi connectivity index (χ1n) is 5.55. The van der Waals surface area contributed by atoms with Crippen molar-refractivity contribution in [2.45, 2.75) is 26.4 Å². The molecule has 1 aromatic rings. The molecule has 17 heavy (non-hydrogen) atoms. The zero-order valence-corrected chi connectivity index (χ0v) is 10.4. The molecule has 0 aliphatic heterocycles. The first-order chi connectivity index (χ1) is 7.83. The number of aliphatic hydroxyl groups is 1. The molecular formula is C12H18N2O3. The van der Waals surface area contributed by atoms with E-state index >= 15 is 0 Å². The second-order valence-corrected chi connectivity index (χ2v) is 4.60. The number of hydrogen-bond acceptors (Lipinski definition) is 4. The number of anilines is 1. The standard InChI is InChI=1S/C12H18N2O3/c1-4-13(9-12(2,3)15)10-6-5-7-11(8-10)14(16)17/h5-8,15H,4,9H2,1-3H3. The van der Waals surface area contributed by atoms with E-state index in [4.69, 9.17) is 0 Å². The molecule has 1 aromatic carbocycles. The van der Waals surface area contributed by atoms with Crippen molar-refractivity contribution in [3.63, 3.8) is 0 Å². The summed E-state index contributed by atoms with van der Waals surface area (Å²) in [5, 5.41) is 20.5. The van der Waals surface area contributed by atoms with Crippen LogP contribution in [0.25, 0.3) is 0 Å². The highest BCUT2D eigenvalue weighted by atomic mass is 16.6. The molecule has 94 valence electrons. The highest BCUT2D eigenvalue weighted by Crippen LogP contribution is 2.22. The highest BCUT2D eigenvalue weighted by Gasteiger charge is 2.18. The number of non-ortho nitro benzene ring substituents is 1. The molecule has 0 heterocycles. The summed E-state index contributed by atoms with van der Waals surface area (Å²) < 4.78 is 0. The summed E-state index contributed by atoms with van der Waals surface area (Å²) in [6, 6.07) is 6.44. The van der Waals surface area contributed by atoms with Crippen LogP contribution in [0.5, 0.6) is 0 Å². The lowest BCUT2D eigenvalue weighted by Crippen LogP contribution is -2.38. The maximum atomic E-state index is 10.7. The monoisotopic (exact) mass is 238 g/mol. The fourth-order valence-electron chi connectivity index (χ4n) is 1.66. The fourth-order valence-corrected chi connectivity index (χ4v) is 1.66. The van der Waals surface area contributed by atoms with Crippen molar-refractivity contribution >= 4 is 11.4 Å². The van der Waals surface area contributed by atoms with E-state index in [1.165, 1.54) is 12.1 Å². The molecule has 0 saturated carbocycles. The third-order valence-corrected chi connectivity index (χ3v) is 2.37. The Bertz CT molecular complexity index is 399. The summed E-state index contributed by atoms with van der Waals surface area (Å²) in [4.78, 5) is 12.2. The van der Waals surface area contributed by atoms with Crippen LogP contribution in [0, 0.1) is 10.1 Å². The smallest absolute Gasteiger partial charge is 0.271 e. The largest absolute Gasteiger partial charge is 0.389 e. The van der Waals surface area contributed by atoms with E-state index in [9.17, 15) is 15.2 Å². The summed E-state index contributed by atoms with van der Waals surface area (Å²) in [5.41, 5.74) is -0.0128. The molecular weight excluding hydrogens is 220 g/mol. The Morgan fingerprint density at radius 2 is 2.12 bits per heavy atom. The average Bonchev–Trinajstić information content (AvgIpc) is 2.25. The van der Waals surface area contributed by atoms with Gasteiger partial charge in [-0.3, -0.25) is 10.1 Å². The van der Waals surface area contributed by atoms with Gasteiger partial charge in [0.05, 0.1) is 10.5 Å². The Labute approximate surface area is 101 Å². The highest BCUT2D eigenvalue weighted by molar-refractivity contribution is 5.53. The fraction of sp³-hybridized carbons (Fsp3) is 0.500. The number of hydrogen-bond donors (Lipinski definition) is 1. The Hall–Kier alpha value is -1.62. The minimum absolute atomic E-state index is 0.0664. The quantitative estimate of drug-likeness (QED) is 0.630. The van der Waals surface area contributed by atoms with Crippen molar-refractivity contribution in [3.8, 4) is 0 Å². The number of nitrogens with zero attached hydrogens (tertiary/aromatic N) is 2. The summed E-state index contributed by atoms with van der Waals surface area (Å²) in [7, 11) is 0. The Balaban J connectivity index is 2.96. The first kappa shape index (κ1) is 13.4. The van der Waals surface area contributed by atoms with Crippen molar-refractivity contribution in [1.82, 2.24) is 0 Å². The van der Waals surface area contributed by atoms with Gasteiger partial charge in [-0.1, -0.05) is 6.07 Å². The molecule has 0 saturated heterocycles. The van der Waals surface area contributed by atoms with Gasteiger partial charge in [0.25, 0.3) is 5.69 Å². The summed E-state index contributed by atoms with van der Waals surface area (Å²) >= 11 is 0. The minimum atomic E-state index is -0.833. The summed E-state index contributed by atoms with van der Waals surface area (Å²) in [6.45, 7) is 6.50. The van der Waals surface area contributed by atoms with Gasteiger partial charge < -0.3 is 10.0 Å². The molecule has 1 N–H and O–H groups in total. The predicted octanol–water partition coefficient (Wildman–Crippen LogP) is 2.19. The van der Waals surface area contributed by atoms with Gasteiger partial charge in [0.1, 0.15) is 0 Å². The third-order valence-electron chi connectivity index (χ3n) is 2.37. The van der Waals surface area contributed by atoms with Crippen LogP contribution in [0.2, 0.25) is 0 Å². The van der Waals surface area contributed by atoms with Gasteiger partial charge in [-0.2, -0.15) is 0 Å². The zero-order valence-electron chi connectivity index (χ0n) is 10.4. The maximum Gasteiger partial charge on any atom is 0.271 e. The lowest BCUT2D eigenvalue weighted by Gasteiger charge is -2.29. The molecule has 1 rings (SSSR count). The first-order valence-corrected chi connectivity index (χ1v) is 5.55. The van der Waals surface area contributed by atoms with Gasteiger partial charge in [0, 0.05) is 30.9 Å². The molecule has 5 nitrogen and oxygen atoms in total. The van der Waals surface area contributed by atoms with Crippen LogP contribution in [-0.2, 0) is 0 Å². The van der Waals surface area contributed by atoms with Gasteiger partial charge in [-0.25, -0.2) is 0 Å². The van der Waals surface area contributed by atoms with Crippen LogP contribution in [0.4, 0.5) is 11.4 Å². The number of nitro groups is 1. The van der Waals surface area contributed by atoms with Crippen LogP contribution in [0.1, 0.15) is 20.8 Å². The van der Waals surface area contributed by atoms with E-state index in [2.05, 4.69) is 0 Å². The van der Waals surface area contributed by atoms with Crippen molar-refractivity contribution in [2.75, 3.05) is 18.0 Å². The Morgan fingerprint density at radius 3 is 2.59 bits per heavy atom. The van der Waals surface area contributed by atoms with Gasteiger partial charge in [-0.15, -0.1) is 0 Å². The molecule has 0 aliphatic rings. The van der Waals surface area contributed by atoms with Gasteiger partial charge in [-0.05, 0) is 26.8 Å². The minimum Gasteiger partial charge on any atom is -0.389 e. The predicted molar refractivity (Wildman–Crippen MR) is 67.3 cm³/mol. The van der Waals surface area contributed by atoms with E-state index in [0.29, 0.717) is 13.1 Å². The SMILES string of the molecule is CCN(CC(C)(C)O)c1cccc([N+](=O)[O-])c1. The zero-order chi connectivity index (χ0) is 13.1. The maximum absolute atomic E-state index is 10.7. The third kappa shape index (κ3) is 4.03. The molecule has 0 unspecified atom stereocenters. The molecule has 5 heteroatoms. The van der Waals surface area contributed by atoms with Crippen LogP contribution in [0.3, 0.4) is 0 Å². The van der Waals surface area contributed by atoms with E-state index in [0.717, 1.165) is 5.69 Å². The number of benzene rings is 1. The lowest BCUT2D eigenvalue weighted by atomic mass is 10.1. The number of likely N-dealkylation sites (N-methyl/N-ethyl adjacent to an activating group) is 1. The van der Waals surface area contributed by atoms with Crippen molar-refractivity contribution < 1.29 is 10.0 Å². The number of nitro benzene ring substituents is 1. The topological polar surface area (TPSA) is 66.6 Å². The van der Waals surface area contributed by atoms with Crippen molar-refractivity contribution in [3.05, 3.63) is 34.4 Å². The van der Waals surface area contributed by atoms with E-state index in [1.807, 2.05) is 17.9 Å². The van der Waals surface area contributed by atoms with Gasteiger partial charge in [0.15, 0.2) is 0 Å². The molecule has 0 fully saturated rings. The average molecular weight is 238 g/mol. The van der Waals surface area contributed by atoms with E-state index in [1.54, 1.807) is 19.9 Å². The van der Waals surface area contributed by atoms with E-state index in [-0.39, 0.29) is 5.69 Å². The van der Waals surface area contributed by atoms with Crippen molar-refractivity contribution in [1.29, 1.82) is 0 Å². The van der Waals surface area contributed by atoms with E-state index < -0.39 is 10.5 Å². The lowest BCUT2D eigenvalue weighted by molar-refractivity contribution is -0.384. The van der Waals surface area contributed by atoms with Gasteiger partial charge >= 0.3 is 0 Å². The van der Waals surface area contributed by atoms with Gasteiger partial charge in [0.2, 0.25) is 0 Å². The summed E-state index contributed by atoms with van der Waals surface area (Å²) in [5.74, 6) is 0. The normalized spacial score (nSPS) is 11.3. The Morgan fingerprint density at radius 1 is 1.47 bits per heavy atom. The van der Waals surface area contributed by atoms with Crippen LogP contribution in [-0.4, -0.2) is 28.7 Å². The molecule has 0 atom stereocenters.